The molecular weight excluding hydrogens is 346 g/mol. The zero-order chi connectivity index (χ0) is 18.1. The number of benzene rings is 2. The molecule has 1 aliphatic rings. The average Bonchev–Trinajstić information content (AvgIpc) is 2.96. The number of fused-ring (bicyclic) bond motifs is 3. The maximum absolute atomic E-state index is 11.3. The van der Waals surface area contributed by atoms with Crippen LogP contribution in [0.2, 0.25) is 0 Å². The highest BCUT2D eigenvalue weighted by Gasteiger charge is 2.25. The van der Waals surface area contributed by atoms with Crippen LogP contribution in [0.3, 0.4) is 0 Å². The van der Waals surface area contributed by atoms with Gasteiger partial charge in [-0.15, -0.1) is 0 Å². The van der Waals surface area contributed by atoms with Crippen molar-refractivity contribution in [3.63, 3.8) is 0 Å². The monoisotopic (exact) mass is 365 g/mol. The van der Waals surface area contributed by atoms with Crippen molar-refractivity contribution < 1.29 is 9.90 Å². The number of aromatic nitrogens is 1. The van der Waals surface area contributed by atoms with Crippen molar-refractivity contribution in [2.75, 3.05) is 11.9 Å². The van der Waals surface area contributed by atoms with Gasteiger partial charge in [0, 0.05) is 47.4 Å². The highest BCUT2D eigenvalue weighted by Crippen LogP contribution is 2.31. The first-order valence-electron chi connectivity index (χ1n) is 8.55. The third-order valence-corrected chi connectivity index (χ3v) is 5.13. The fourth-order valence-corrected chi connectivity index (χ4v) is 3.89. The molecule has 0 saturated heterocycles. The summed E-state index contributed by atoms with van der Waals surface area (Å²) in [6.07, 6.45) is 0.772. The second kappa shape index (κ2) is 6.80. The summed E-state index contributed by atoms with van der Waals surface area (Å²) in [6.45, 7) is 1.44. The number of carboxylic acid groups (broad SMARTS) is 1. The SMILES string of the molecule is O=C(O)Cn1c2c(c3ccccc31)CN(C(=S)Nc1ccccc1)CC2. The van der Waals surface area contributed by atoms with E-state index in [4.69, 9.17) is 12.2 Å². The minimum Gasteiger partial charge on any atom is -0.480 e. The van der Waals surface area contributed by atoms with Crippen molar-refractivity contribution in [1.82, 2.24) is 9.47 Å². The van der Waals surface area contributed by atoms with Crippen LogP contribution in [-0.2, 0) is 24.3 Å². The Hall–Kier alpha value is -2.86. The van der Waals surface area contributed by atoms with E-state index in [-0.39, 0.29) is 6.54 Å². The Morgan fingerprint density at radius 3 is 2.62 bits per heavy atom. The van der Waals surface area contributed by atoms with E-state index in [1.807, 2.05) is 53.1 Å². The van der Waals surface area contributed by atoms with Crippen LogP contribution in [0.1, 0.15) is 11.3 Å². The zero-order valence-corrected chi connectivity index (χ0v) is 15.0. The van der Waals surface area contributed by atoms with Crippen LogP contribution in [0.4, 0.5) is 5.69 Å². The van der Waals surface area contributed by atoms with E-state index in [0.29, 0.717) is 11.7 Å². The Morgan fingerprint density at radius 1 is 1.12 bits per heavy atom. The maximum atomic E-state index is 11.3. The number of hydrogen-bond acceptors (Lipinski definition) is 2. The lowest BCUT2D eigenvalue weighted by atomic mass is 10.0. The molecule has 4 rings (SSSR count). The van der Waals surface area contributed by atoms with Crippen molar-refractivity contribution >= 4 is 39.9 Å². The van der Waals surface area contributed by atoms with Gasteiger partial charge in [-0.25, -0.2) is 0 Å². The van der Waals surface area contributed by atoms with E-state index >= 15 is 0 Å². The molecule has 0 atom stereocenters. The van der Waals surface area contributed by atoms with Gasteiger partial charge in [-0.1, -0.05) is 36.4 Å². The minimum absolute atomic E-state index is 0.0114. The third kappa shape index (κ3) is 3.04. The number of carboxylic acids is 1. The summed E-state index contributed by atoms with van der Waals surface area (Å²) in [7, 11) is 0. The fraction of sp³-hybridized carbons (Fsp3) is 0.200. The van der Waals surface area contributed by atoms with Crippen LogP contribution < -0.4 is 5.32 Å². The van der Waals surface area contributed by atoms with E-state index in [9.17, 15) is 9.90 Å². The van der Waals surface area contributed by atoms with Gasteiger partial charge in [0.1, 0.15) is 6.54 Å². The van der Waals surface area contributed by atoms with Crippen molar-refractivity contribution in [3.8, 4) is 0 Å². The van der Waals surface area contributed by atoms with Gasteiger partial charge in [0.2, 0.25) is 0 Å². The van der Waals surface area contributed by atoms with Gasteiger partial charge in [0.15, 0.2) is 5.11 Å². The highest BCUT2D eigenvalue weighted by molar-refractivity contribution is 7.80. The Morgan fingerprint density at radius 2 is 1.85 bits per heavy atom. The number of carbonyl (C=O) groups is 1. The molecule has 0 saturated carbocycles. The molecule has 6 heteroatoms. The molecule has 5 nitrogen and oxygen atoms in total. The summed E-state index contributed by atoms with van der Waals surface area (Å²) in [6, 6.07) is 17.9. The predicted molar refractivity (Wildman–Crippen MR) is 106 cm³/mol. The Labute approximate surface area is 156 Å². The topological polar surface area (TPSA) is 57.5 Å². The molecule has 0 aliphatic carbocycles. The molecule has 2 N–H and O–H groups in total. The van der Waals surface area contributed by atoms with E-state index < -0.39 is 5.97 Å². The molecule has 0 spiro atoms. The van der Waals surface area contributed by atoms with Crippen LogP contribution in [0.15, 0.2) is 54.6 Å². The van der Waals surface area contributed by atoms with Crippen LogP contribution >= 0.6 is 12.2 Å². The van der Waals surface area contributed by atoms with Gasteiger partial charge >= 0.3 is 5.97 Å². The largest absolute Gasteiger partial charge is 0.480 e. The van der Waals surface area contributed by atoms with Gasteiger partial charge in [-0.05, 0) is 30.4 Å². The Balaban J connectivity index is 1.64. The smallest absolute Gasteiger partial charge is 0.323 e. The Kier molecular flexibility index (Phi) is 4.34. The second-order valence-corrected chi connectivity index (χ2v) is 6.78. The van der Waals surface area contributed by atoms with Crippen LogP contribution in [0, 0.1) is 0 Å². The molecule has 3 aromatic rings. The first kappa shape index (κ1) is 16.6. The average molecular weight is 365 g/mol. The number of nitrogens with zero attached hydrogens (tertiary/aromatic N) is 2. The lowest BCUT2D eigenvalue weighted by Crippen LogP contribution is -2.39. The summed E-state index contributed by atoms with van der Waals surface area (Å²) >= 11 is 5.60. The van der Waals surface area contributed by atoms with Gasteiger partial charge in [-0.2, -0.15) is 0 Å². The molecular formula is C20H19N3O2S. The van der Waals surface area contributed by atoms with E-state index in [0.717, 1.165) is 35.2 Å². The molecule has 2 heterocycles. The first-order valence-corrected chi connectivity index (χ1v) is 8.96. The normalized spacial score (nSPS) is 13.5. The molecule has 1 aromatic heterocycles. The van der Waals surface area contributed by atoms with E-state index in [1.54, 1.807) is 0 Å². The van der Waals surface area contributed by atoms with Crippen molar-refractivity contribution in [2.24, 2.45) is 0 Å². The Bertz CT molecular complexity index is 981. The number of nitrogens with one attached hydrogen (secondary N) is 1. The molecule has 132 valence electrons. The van der Waals surface area contributed by atoms with Crippen molar-refractivity contribution in [3.05, 3.63) is 65.9 Å². The highest BCUT2D eigenvalue weighted by atomic mass is 32.1. The lowest BCUT2D eigenvalue weighted by Gasteiger charge is -2.30. The molecule has 1 aliphatic heterocycles. The van der Waals surface area contributed by atoms with Gasteiger partial charge in [0.25, 0.3) is 0 Å². The predicted octanol–water partition coefficient (Wildman–Crippen LogP) is 3.48. The zero-order valence-electron chi connectivity index (χ0n) is 14.2. The van der Waals surface area contributed by atoms with Crippen LogP contribution in [0.5, 0.6) is 0 Å². The lowest BCUT2D eigenvalue weighted by molar-refractivity contribution is -0.137. The minimum atomic E-state index is -0.822. The number of aliphatic carboxylic acids is 1. The molecule has 0 amide bonds. The van der Waals surface area contributed by atoms with Gasteiger partial charge in [-0.3, -0.25) is 4.79 Å². The van der Waals surface area contributed by atoms with Crippen molar-refractivity contribution in [1.29, 1.82) is 0 Å². The van der Waals surface area contributed by atoms with E-state index in [2.05, 4.69) is 16.3 Å². The molecule has 2 aromatic carbocycles. The molecule has 0 fully saturated rings. The third-order valence-electron chi connectivity index (χ3n) is 4.77. The molecule has 0 bridgehead atoms. The number of hydrogen-bond donors (Lipinski definition) is 2. The first-order chi connectivity index (χ1) is 12.6. The summed E-state index contributed by atoms with van der Waals surface area (Å²) < 4.78 is 1.93. The maximum Gasteiger partial charge on any atom is 0.323 e. The number of anilines is 1. The quantitative estimate of drug-likeness (QED) is 0.696. The van der Waals surface area contributed by atoms with Crippen LogP contribution in [0.25, 0.3) is 10.9 Å². The summed E-state index contributed by atoms with van der Waals surface area (Å²) in [5, 5.41) is 14.4. The summed E-state index contributed by atoms with van der Waals surface area (Å²) in [5.41, 5.74) is 4.22. The van der Waals surface area contributed by atoms with E-state index in [1.165, 1.54) is 5.56 Å². The van der Waals surface area contributed by atoms with Crippen molar-refractivity contribution in [2.45, 2.75) is 19.5 Å². The van der Waals surface area contributed by atoms with Gasteiger partial charge < -0.3 is 19.9 Å². The standard InChI is InChI=1S/C20H19N3O2S/c24-19(25)13-23-17-9-5-4-8-15(17)16-12-22(11-10-18(16)23)20(26)21-14-6-2-1-3-7-14/h1-9H,10-13H2,(H,21,26)(H,24,25). The number of para-hydroxylation sites is 2. The summed E-state index contributed by atoms with van der Waals surface area (Å²) in [5.74, 6) is -0.822. The second-order valence-electron chi connectivity index (χ2n) is 6.39. The molecule has 0 radical (unpaired) electrons. The molecule has 26 heavy (non-hydrogen) atoms. The fourth-order valence-electron chi connectivity index (χ4n) is 3.61. The van der Waals surface area contributed by atoms with Crippen LogP contribution in [-0.4, -0.2) is 32.2 Å². The number of thiocarbonyl (C=S) groups is 1. The van der Waals surface area contributed by atoms with Gasteiger partial charge in [0.05, 0.1) is 0 Å². The number of rotatable bonds is 3. The molecule has 0 unspecified atom stereocenters. The summed E-state index contributed by atoms with van der Waals surface area (Å²) in [4.78, 5) is 13.5.